The molecule has 2 aromatic rings. The SMILES string of the molecule is COc1ccc([C@@H]2Cc3c(OS(=O)(=O)C(F)(F)F)cc(OC)cc3C3CCCC[C@@H]32)cc1. The Morgan fingerprint density at radius 1 is 0.906 bits per heavy atom. The Morgan fingerprint density at radius 3 is 2.19 bits per heavy atom. The van der Waals surface area contributed by atoms with Crippen molar-refractivity contribution >= 4 is 10.1 Å². The summed E-state index contributed by atoms with van der Waals surface area (Å²) in [5.41, 5.74) is -3.14. The zero-order chi connectivity index (χ0) is 23.1. The molecule has 2 aliphatic rings. The summed E-state index contributed by atoms with van der Waals surface area (Å²) in [5, 5.41) is 0. The number of ether oxygens (including phenoxy) is 2. The van der Waals surface area contributed by atoms with Gasteiger partial charge in [0.05, 0.1) is 14.2 Å². The van der Waals surface area contributed by atoms with Gasteiger partial charge >= 0.3 is 15.6 Å². The minimum atomic E-state index is -5.80. The molecule has 0 radical (unpaired) electrons. The van der Waals surface area contributed by atoms with E-state index in [-0.39, 0.29) is 23.3 Å². The fourth-order valence-electron chi connectivity index (χ4n) is 5.16. The zero-order valence-corrected chi connectivity index (χ0v) is 18.6. The molecule has 0 aliphatic heterocycles. The highest BCUT2D eigenvalue weighted by molar-refractivity contribution is 7.88. The number of methoxy groups -OCH3 is 2. The molecule has 3 atom stereocenters. The minimum Gasteiger partial charge on any atom is -0.497 e. The van der Waals surface area contributed by atoms with Crippen molar-refractivity contribution < 1.29 is 35.2 Å². The summed E-state index contributed by atoms with van der Waals surface area (Å²) in [6, 6.07) is 10.7. The van der Waals surface area contributed by atoms with Gasteiger partial charge in [-0.1, -0.05) is 25.0 Å². The van der Waals surface area contributed by atoms with Gasteiger partial charge in [0, 0.05) is 11.6 Å². The first-order chi connectivity index (χ1) is 15.1. The van der Waals surface area contributed by atoms with Crippen LogP contribution in [0.2, 0.25) is 0 Å². The highest BCUT2D eigenvalue weighted by atomic mass is 32.2. The summed E-state index contributed by atoms with van der Waals surface area (Å²) in [7, 11) is -2.82. The first-order valence-corrected chi connectivity index (χ1v) is 11.9. The number of hydrogen-bond acceptors (Lipinski definition) is 5. The summed E-state index contributed by atoms with van der Waals surface area (Å²) in [6.07, 6.45) is 4.34. The van der Waals surface area contributed by atoms with Gasteiger partial charge in [-0.2, -0.15) is 21.6 Å². The molecule has 1 saturated carbocycles. The quantitative estimate of drug-likeness (QED) is 0.424. The first-order valence-electron chi connectivity index (χ1n) is 10.5. The fraction of sp³-hybridized carbons (Fsp3) is 0.478. The van der Waals surface area contributed by atoms with Crippen molar-refractivity contribution in [2.45, 2.75) is 49.4 Å². The molecule has 2 aromatic carbocycles. The van der Waals surface area contributed by atoms with Crippen molar-refractivity contribution in [3.63, 3.8) is 0 Å². The third kappa shape index (κ3) is 4.14. The molecular weight excluding hydrogens is 445 g/mol. The van der Waals surface area contributed by atoms with Crippen molar-refractivity contribution in [2.24, 2.45) is 5.92 Å². The monoisotopic (exact) mass is 470 g/mol. The maximum atomic E-state index is 13.1. The summed E-state index contributed by atoms with van der Waals surface area (Å²) in [6.45, 7) is 0. The van der Waals surface area contributed by atoms with Crippen molar-refractivity contribution in [2.75, 3.05) is 14.2 Å². The van der Waals surface area contributed by atoms with Crippen LogP contribution in [0.15, 0.2) is 36.4 Å². The molecule has 2 aliphatic carbocycles. The van der Waals surface area contributed by atoms with E-state index in [2.05, 4.69) is 4.18 Å². The highest BCUT2D eigenvalue weighted by Gasteiger charge is 2.49. The lowest BCUT2D eigenvalue weighted by Crippen LogP contribution is -2.32. The maximum absolute atomic E-state index is 13.1. The smallest absolute Gasteiger partial charge is 0.497 e. The van der Waals surface area contributed by atoms with E-state index in [1.165, 1.54) is 13.2 Å². The van der Waals surface area contributed by atoms with E-state index in [4.69, 9.17) is 9.47 Å². The Kier molecular flexibility index (Phi) is 6.04. The second-order valence-corrected chi connectivity index (χ2v) is 9.85. The summed E-state index contributed by atoms with van der Waals surface area (Å²) < 4.78 is 78.0. The van der Waals surface area contributed by atoms with E-state index >= 15 is 0 Å². The van der Waals surface area contributed by atoms with Crippen LogP contribution in [0.4, 0.5) is 13.2 Å². The van der Waals surface area contributed by atoms with E-state index < -0.39 is 15.6 Å². The van der Waals surface area contributed by atoms with E-state index in [9.17, 15) is 21.6 Å². The molecule has 0 bridgehead atoms. The standard InChI is InChI=1S/C23H25F3O5S/c1-29-15-9-7-14(8-10-15)19-13-21-20(18-6-4-3-5-17(18)19)11-16(30-2)12-22(21)31-32(27,28)23(24,25)26/h7-12,17-19H,3-6,13H2,1-2H3/t17-,18?,19-/m0/s1. The Hall–Kier alpha value is -2.42. The van der Waals surface area contributed by atoms with Gasteiger partial charge in [0.2, 0.25) is 0 Å². The molecule has 9 heteroatoms. The fourth-order valence-corrected chi connectivity index (χ4v) is 5.64. The largest absolute Gasteiger partial charge is 0.534 e. The van der Waals surface area contributed by atoms with Crippen LogP contribution in [-0.2, 0) is 16.5 Å². The van der Waals surface area contributed by atoms with Gasteiger partial charge in [-0.25, -0.2) is 0 Å². The van der Waals surface area contributed by atoms with Crippen molar-refractivity contribution in [3.05, 3.63) is 53.1 Å². The molecule has 0 spiro atoms. The van der Waals surface area contributed by atoms with Gasteiger partial charge in [0.1, 0.15) is 17.2 Å². The van der Waals surface area contributed by atoms with Crippen molar-refractivity contribution in [1.29, 1.82) is 0 Å². The number of fused-ring (bicyclic) bond motifs is 3. The summed E-state index contributed by atoms with van der Waals surface area (Å²) >= 11 is 0. The highest BCUT2D eigenvalue weighted by Crippen LogP contribution is 2.54. The minimum absolute atomic E-state index is 0.0306. The number of benzene rings is 2. The van der Waals surface area contributed by atoms with E-state index in [0.29, 0.717) is 17.9 Å². The van der Waals surface area contributed by atoms with Crippen LogP contribution in [0.5, 0.6) is 17.2 Å². The topological polar surface area (TPSA) is 61.8 Å². The van der Waals surface area contributed by atoms with E-state index in [1.807, 2.05) is 30.3 Å². The van der Waals surface area contributed by atoms with Crippen LogP contribution in [0.1, 0.15) is 54.2 Å². The number of halogens is 3. The van der Waals surface area contributed by atoms with Gasteiger partial charge in [-0.3, -0.25) is 0 Å². The lowest BCUT2D eigenvalue weighted by molar-refractivity contribution is -0.0500. The molecule has 5 nitrogen and oxygen atoms in total. The second kappa shape index (κ2) is 8.50. The zero-order valence-electron chi connectivity index (χ0n) is 17.8. The first kappa shape index (κ1) is 22.8. The Morgan fingerprint density at radius 2 is 1.56 bits per heavy atom. The van der Waals surface area contributed by atoms with Gasteiger partial charge in [-0.15, -0.1) is 0 Å². The normalized spacial score (nSPS) is 23.1. The average molecular weight is 471 g/mol. The van der Waals surface area contributed by atoms with Gasteiger partial charge in [0.25, 0.3) is 0 Å². The molecule has 32 heavy (non-hydrogen) atoms. The third-order valence-corrected chi connectivity index (χ3v) is 7.61. The van der Waals surface area contributed by atoms with Gasteiger partial charge < -0.3 is 13.7 Å². The van der Waals surface area contributed by atoms with Crippen LogP contribution >= 0.6 is 0 Å². The average Bonchev–Trinajstić information content (AvgIpc) is 2.77. The second-order valence-electron chi connectivity index (χ2n) is 8.32. The molecule has 4 rings (SSSR count). The van der Waals surface area contributed by atoms with Crippen molar-refractivity contribution in [1.82, 2.24) is 0 Å². The van der Waals surface area contributed by atoms with Crippen molar-refractivity contribution in [3.8, 4) is 17.2 Å². The molecule has 1 unspecified atom stereocenters. The Balaban J connectivity index is 1.82. The Labute approximate surface area is 185 Å². The maximum Gasteiger partial charge on any atom is 0.534 e. The van der Waals surface area contributed by atoms with Gasteiger partial charge in [0.15, 0.2) is 0 Å². The predicted octanol–water partition coefficient (Wildman–Crippen LogP) is 5.55. The molecule has 0 saturated heterocycles. The Bertz CT molecular complexity index is 1080. The number of hydrogen-bond donors (Lipinski definition) is 0. The summed E-state index contributed by atoms with van der Waals surface area (Å²) in [4.78, 5) is 0. The molecule has 0 amide bonds. The molecule has 0 aromatic heterocycles. The van der Waals surface area contributed by atoms with Crippen LogP contribution in [0.25, 0.3) is 0 Å². The van der Waals surface area contributed by atoms with E-state index in [0.717, 1.165) is 42.6 Å². The van der Waals surface area contributed by atoms with Gasteiger partial charge in [-0.05, 0) is 66.3 Å². The number of alkyl halides is 3. The lowest BCUT2D eigenvalue weighted by Gasteiger charge is -2.43. The van der Waals surface area contributed by atoms with E-state index in [1.54, 1.807) is 7.11 Å². The molecule has 0 heterocycles. The third-order valence-electron chi connectivity index (χ3n) is 6.64. The molecular formula is C23H25F3O5S. The number of rotatable bonds is 5. The molecule has 174 valence electrons. The van der Waals surface area contributed by atoms with Crippen LogP contribution in [0.3, 0.4) is 0 Å². The predicted molar refractivity (Wildman–Crippen MR) is 113 cm³/mol. The van der Waals surface area contributed by atoms with Crippen LogP contribution < -0.4 is 13.7 Å². The van der Waals surface area contributed by atoms with Crippen LogP contribution in [-0.4, -0.2) is 28.1 Å². The molecule has 0 N–H and O–H groups in total. The summed E-state index contributed by atoms with van der Waals surface area (Å²) in [5.74, 6) is 1.11. The lowest BCUT2D eigenvalue weighted by atomic mass is 9.61. The molecule has 1 fully saturated rings. The van der Waals surface area contributed by atoms with Crippen LogP contribution in [0, 0.1) is 5.92 Å².